The van der Waals surface area contributed by atoms with Gasteiger partial charge in [0.2, 0.25) is 11.8 Å². The Hall–Kier alpha value is -7.35. The summed E-state index contributed by atoms with van der Waals surface area (Å²) < 4.78 is 13.1. The number of aliphatic hydroxyl groups excluding tert-OH is 1. The molecule has 0 radical (unpaired) electrons. The van der Waals surface area contributed by atoms with Crippen LogP contribution in [0, 0.1) is 39.0 Å². The number of esters is 1. The molecule has 6 atom stereocenters. The maximum atomic E-state index is 14.4. The maximum absolute atomic E-state index is 14.4. The zero-order chi connectivity index (χ0) is 54.6. The Kier molecular flexibility index (Phi) is 14.6. The summed E-state index contributed by atoms with van der Waals surface area (Å²) in [4.78, 5) is 84.1. The molecule has 3 aliphatic heterocycles. The molecule has 10 rings (SSSR count). The summed E-state index contributed by atoms with van der Waals surface area (Å²) in [5.41, 5.74) is 9.90. The van der Waals surface area contributed by atoms with Crippen molar-refractivity contribution in [2.24, 2.45) is 16.3 Å². The predicted octanol–water partition coefficient (Wildman–Crippen LogP) is 8.51. The quantitative estimate of drug-likeness (QED) is 0.0875. The number of amides is 3. The number of anilines is 1. The zero-order valence-corrected chi connectivity index (χ0v) is 46.3. The van der Waals surface area contributed by atoms with Gasteiger partial charge in [0.15, 0.2) is 11.6 Å². The fraction of sp³-hybridized carbons (Fsp3) is 0.397. The lowest BCUT2D eigenvalue weighted by Crippen LogP contribution is -2.57. The summed E-state index contributed by atoms with van der Waals surface area (Å²) in [5, 5.41) is 27.2. The molecule has 2 fully saturated rings. The van der Waals surface area contributed by atoms with E-state index in [1.165, 1.54) is 12.0 Å². The van der Waals surface area contributed by atoms with Gasteiger partial charge in [-0.25, -0.2) is 4.98 Å². The number of aromatic nitrogens is 4. The number of aliphatic hydroxyl groups is 1. The summed E-state index contributed by atoms with van der Waals surface area (Å²) in [5.74, 6) is -0.640. The van der Waals surface area contributed by atoms with E-state index in [-0.39, 0.29) is 55.3 Å². The number of carbonyl (C=O) groups is 5. The molecule has 77 heavy (non-hydrogen) atoms. The highest BCUT2D eigenvalue weighted by Gasteiger charge is 2.45. The van der Waals surface area contributed by atoms with Gasteiger partial charge < -0.3 is 34.7 Å². The van der Waals surface area contributed by atoms with Crippen molar-refractivity contribution >= 4 is 74.5 Å². The van der Waals surface area contributed by atoms with Crippen LogP contribution in [0.4, 0.5) is 5.69 Å². The SMILES string of the molecule is COC(=O)C[C@@H]1N=C(c2ccc(N3CC[C@H](C(=O)Cc4ccc5oc(C(=O)N[C@H](C(=O)N6C[C@H](O)C[C@H]6C(=O)N[C@@H](C)c6ccc(-c7scnc7C)cc6)C(C)(C)C)cc5c4)C3)cc2)c2c(sc(C)c2C)-n2c(C)nnc21. The number of aryl methyl sites for hydroxylation is 3. The van der Waals surface area contributed by atoms with E-state index in [1.807, 2.05) is 100 Å². The number of benzene rings is 3. The number of thiophene rings is 1. The minimum absolute atomic E-state index is 0.00324. The van der Waals surface area contributed by atoms with Crippen LogP contribution in [0.2, 0.25) is 0 Å². The molecule has 2 saturated heterocycles. The lowest BCUT2D eigenvalue weighted by Gasteiger charge is -2.35. The molecule has 3 N–H and O–H groups in total. The van der Waals surface area contributed by atoms with Gasteiger partial charge in [-0.1, -0.05) is 63.2 Å². The summed E-state index contributed by atoms with van der Waals surface area (Å²) in [6.07, 6.45) is 0.0665. The molecular weight excluding hydrogens is 1010 g/mol. The van der Waals surface area contributed by atoms with Crippen molar-refractivity contribution in [3.63, 3.8) is 0 Å². The highest BCUT2D eigenvalue weighted by molar-refractivity contribution is 7.15. The first-order valence-electron chi connectivity index (χ1n) is 25.9. The monoisotopic (exact) mass is 1080 g/mol. The van der Waals surface area contributed by atoms with Crippen LogP contribution in [0.1, 0.15) is 120 Å². The van der Waals surface area contributed by atoms with Crippen molar-refractivity contribution in [3.05, 3.63) is 134 Å². The number of rotatable bonds is 14. The normalized spacial score (nSPS) is 19.1. The van der Waals surface area contributed by atoms with Gasteiger partial charge in [-0.05, 0) is 99.0 Å². The van der Waals surface area contributed by atoms with Gasteiger partial charge in [0.25, 0.3) is 5.91 Å². The van der Waals surface area contributed by atoms with Crippen molar-refractivity contribution in [2.45, 2.75) is 111 Å². The zero-order valence-electron chi connectivity index (χ0n) is 44.7. The third-order valence-electron chi connectivity index (χ3n) is 15.2. The average molecular weight is 1080 g/mol. The second kappa shape index (κ2) is 21.2. The number of nitrogens with zero attached hydrogens (tertiary/aromatic N) is 7. The van der Waals surface area contributed by atoms with Crippen molar-refractivity contribution in [1.29, 1.82) is 0 Å². The first kappa shape index (κ1) is 53.1. The van der Waals surface area contributed by atoms with Crippen LogP contribution in [0.3, 0.4) is 0 Å². The Morgan fingerprint density at radius 2 is 1.66 bits per heavy atom. The van der Waals surface area contributed by atoms with E-state index in [0.717, 1.165) is 65.2 Å². The molecule has 3 amide bonds. The highest BCUT2D eigenvalue weighted by Crippen LogP contribution is 2.40. The van der Waals surface area contributed by atoms with E-state index >= 15 is 0 Å². The van der Waals surface area contributed by atoms with Gasteiger partial charge >= 0.3 is 5.97 Å². The van der Waals surface area contributed by atoms with Gasteiger partial charge in [0.05, 0.1) is 47.5 Å². The summed E-state index contributed by atoms with van der Waals surface area (Å²) >= 11 is 3.22. The summed E-state index contributed by atoms with van der Waals surface area (Å²) in [6, 6.07) is 20.2. The molecule has 19 heteroatoms. The van der Waals surface area contributed by atoms with E-state index in [1.54, 1.807) is 34.8 Å². The van der Waals surface area contributed by atoms with E-state index < -0.39 is 47.4 Å². The van der Waals surface area contributed by atoms with E-state index in [9.17, 15) is 29.1 Å². The smallest absolute Gasteiger partial charge is 0.308 e. The predicted molar refractivity (Wildman–Crippen MR) is 296 cm³/mol. The summed E-state index contributed by atoms with van der Waals surface area (Å²) in [6.45, 7) is 16.6. The largest absolute Gasteiger partial charge is 0.469 e. The molecule has 0 bridgehead atoms. The first-order valence-corrected chi connectivity index (χ1v) is 27.6. The van der Waals surface area contributed by atoms with E-state index in [4.69, 9.17) is 14.1 Å². The minimum Gasteiger partial charge on any atom is -0.469 e. The number of likely N-dealkylation sites (tertiary alicyclic amines) is 1. The topological polar surface area (TPSA) is 214 Å². The number of β-amino-alcohol motifs (C(OH)–C–C–N with tert-alkyl or cyclic N) is 1. The number of hydrogen-bond donors (Lipinski definition) is 3. The molecule has 17 nitrogen and oxygen atoms in total. The molecular formula is C58H63N9O8S2. The molecule has 3 aliphatic rings. The van der Waals surface area contributed by atoms with Gasteiger partial charge in [-0.3, -0.25) is 33.5 Å². The number of carbonyl (C=O) groups excluding carboxylic acids is 5. The van der Waals surface area contributed by atoms with Crippen LogP contribution in [0.5, 0.6) is 0 Å². The molecule has 7 aromatic rings. The summed E-state index contributed by atoms with van der Waals surface area (Å²) in [7, 11) is 1.37. The number of methoxy groups -OCH3 is 1. The van der Waals surface area contributed by atoms with Crippen LogP contribution in [-0.4, -0.2) is 110 Å². The first-order chi connectivity index (χ1) is 36.8. The van der Waals surface area contributed by atoms with Gasteiger partial charge in [-0.15, -0.1) is 32.9 Å². The standard InChI is InChI=1S/C58H63N9O8S2/c1-30-33(4)77-57-49(30)50(61-43(26-48(70)74-9)53-64-63-34(5)67(53)57)37-15-17-41(18-16-37)65-21-20-39(27-65)45(69)23-35-10-19-46-40(22-35)24-47(75-46)55(72)62-52(58(6,7)8)56(73)66-28-42(68)25-44(66)54(71)60-31(2)36-11-13-38(14-12-36)51-32(3)59-29-76-51/h10-19,22,24,29,31,39,42-44,52,68H,20-21,23,25-28H2,1-9H3,(H,60,71)(H,62,72)/t31-,39-,42+,43-,44-,52+/m0/s1. The lowest BCUT2D eigenvalue weighted by atomic mass is 9.85. The number of hydrogen-bond acceptors (Lipinski definition) is 15. The Bertz CT molecular complexity index is 3460. The Morgan fingerprint density at radius 1 is 0.922 bits per heavy atom. The second-order valence-electron chi connectivity index (χ2n) is 21.6. The van der Waals surface area contributed by atoms with E-state index in [0.29, 0.717) is 42.1 Å². The van der Waals surface area contributed by atoms with Crippen molar-refractivity contribution in [2.75, 3.05) is 31.6 Å². The number of Topliss-reactive ketones (excluding diaryl/α,β-unsaturated/α-hetero) is 1. The van der Waals surface area contributed by atoms with Crippen LogP contribution < -0.4 is 15.5 Å². The fourth-order valence-corrected chi connectivity index (χ4v) is 12.8. The number of ketones is 1. The molecule has 0 aliphatic carbocycles. The maximum Gasteiger partial charge on any atom is 0.308 e. The molecule has 0 saturated carbocycles. The highest BCUT2D eigenvalue weighted by atomic mass is 32.1. The van der Waals surface area contributed by atoms with Crippen LogP contribution in [0.15, 0.2) is 87.7 Å². The molecule has 4 aromatic heterocycles. The Morgan fingerprint density at radius 3 is 2.36 bits per heavy atom. The molecule has 0 unspecified atom stereocenters. The van der Waals surface area contributed by atoms with Gasteiger partial charge in [0.1, 0.15) is 40.3 Å². The van der Waals surface area contributed by atoms with E-state index in [2.05, 4.69) is 56.7 Å². The fourth-order valence-electron chi connectivity index (χ4n) is 10.7. The van der Waals surface area contributed by atoms with Gasteiger partial charge in [-0.2, -0.15) is 0 Å². The number of furan rings is 1. The number of aliphatic imine (C=N–C) groups is 1. The van der Waals surface area contributed by atoms with Crippen molar-refractivity contribution in [3.8, 4) is 15.4 Å². The van der Waals surface area contributed by atoms with Crippen LogP contribution in [0.25, 0.3) is 26.4 Å². The van der Waals surface area contributed by atoms with Crippen LogP contribution >= 0.6 is 22.7 Å². The van der Waals surface area contributed by atoms with Crippen LogP contribution in [-0.2, 0) is 30.3 Å². The molecule has 400 valence electrons. The number of fused-ring (bicyclic) bond motifs is 4. The van der Waals surface area contributed by atoms with Crippen molar-refractivity contribution in [1.82, 2.24) is 35.3 Å². The third-order valence-corrected chi connectivity index (χ3v) is 17.4. The lowest BCUT2D eigenvalue weighted by molar-refractivity contribution is -0.142. The number of nitrogens with one attached hydrogen (secondary N) is 2. The molecule has 3 aromatic carbocycles. The molecule has 7 heterocycles. The third kappa shape index (κ3) is 10.6. The second-order valence-corrected chi connectivity index (χ2v) is 23.6. The average Bonchev–Trinajstić information content (AvgIpc) is 4.32. The van der Waals surface area contributed by atoms with Crippen molar-refractivity contribution < 1.29 is 38.2 Å². The Balaban J connectivity index is 0.774. The minimum atomic E-state index is -1.07. The molecule has 0 spiro atoms. The Labute approximate surface area is 454 Å². The number of thiazole rings is 1. The number of ether oxygens (including phenoxy) is 1. The van der Waals surface area contributed by atoms with Gasteiger partial charge in [0, 0.05) is 65.5 Å².